The highest BCUT2D eigenvalue weighted by Gasteiger charge is 2.27. The Morgan fingerprint density at radius 1 is 1.38 bits per heavy atom. The summed E-state index contributed by atoms with van der Waals surface area (Å²) < 4.78 is 3.24. The molecule has 0 spiro atoms. The van der Waals surface area contributed by atoms with E-state index in [9.17, 15) is 0 Å². The van der Waals surface area contributed by atoms with E-state index in [4.69, 9.17) is 0 Å². The molecule has 1 atom stereocenters. The van der Waals surface area contributed by atoms with Gasteiger partial charge in [-0.1, -0.05) is 0 Å². The fourth-order valence-electron chi connectivity index (χ4n) is 3.07. The highest BCUT2D eigenvalue weighted by atomic mass is 32.1. The fourth-order valence-corrected chi connectivity index (χ4v) is 3.92. The zero-order valence-electron chi connectivity index (χ0n) is 11.9. The largest absolute Gasteiger partial charge is 0.350 e. The number of anilines is 1. The standard InChI is InChI=1S/C15H17N5S/c1-11-7-18-19(8-11)9-12-3-2-5-20(12)15-14-13(4-6-21-14)16-10-17-15/h4,6-8,10,12H,2-3,5,9H2,1H3/t12-/m0/s1. The van der Waals surface area contributed by atoms with Crippen LogP contribution in [0, 0.1) is 6.92 Å². The summed E-state index contributed by atoms with van der Waals surface area (Å²) in [6, 6.07) is 2.53. The molecule has 1 saturated heterocycles. The quantitative estimate of drug-likeness (QED) is 0.746. The minimum atomic E-state index is 0.462. The molecule has 0 saturated carbocycles. The second-order valence-corrected chi connectivity index (χ2v) is 6.48. The predicted octanol–water partition coefficient (Wildman–Crippen LogP) is 2.87. The van der Waals surface area contributed by atoms with Crippen molar-refractivity contribution < 1.29 is 0 Å². The number of nitrogens with zero attached hydrogens (tertiary/aromatic N) is 5. The van der Waals surface area contributed by atoms with E-state index < -0.39 is 0 Å². The van der Waals surface area contributed by atoms with Crippen LogP contribution in [0.4, 0.5) is 5.82 Å². The van der Waals surface area contributed by atoms with E-state index in [0.717, 1.165) is 24.4 Å². The summed E-state index contributed by atoms with van der Waals surface area (Å²) in [5.41, 5.74) is 2.26. The van der Waals surface area contributed by atoms with Crippen LogP contribution in [0.15, 0.2) is 30.2 Å². The van der Waals surface area contributed by atoms with E-state index in [0.29, 0.717) is 6.04 Å². The Hall–Kier alpha value is -1.95. The Labute approximate surface area is 127 Å². The summed E-state index contributed by atoms with van der Waals surface area (Å²) in [7, 11) is 0. The van der Waals surface area contributed by atoms with E-state index in [1.54, 1.807) is 17.7 Å². The van der Waals surface area contributed by atoms with E-state index in [2.05, 4.69) is 44.5 Å². The fraction of sp³-hybridized carbons (Fsp3) is 0.400. The molecular weight excluding hydrogens is 282 g/mol. The minimum absolute atomic E-state index is 0.462. The number of aryl methyl sites for hydroxylation is 1. The topological polar surface area (TPSA) is 46.8 Å². The van der Waals surface area contributed by atoms with E-state index in [1.165, 1.54) is 23.1 Å². The van der Waals surface area contributed by atoms with Gasteiger partial charge in [-0.15, -0.1) is 11.3 Å². The van der Waals surface area contributed by atoms with Gasteiger partial charge < -0.3 is 4.90 Å². The van der Waals surface area contributed by atoms with Crippen molar-refractivity contribution in [1.82, 2.24) is 19.7 Å². The summed E-state index contributed by atoms with van der Waals surface area (Å²) in [4.78, 5) is 11.3. The second-order valence-electron chi connectivity index (χ2n) is 5.56. The molecule has 3 aromatic rings. The van der Waals surface area contributed by atoms with Gasteiger partial charge in [-0.25, -0.2) is 9.97 Å². The molecule has 6 heteroatoms. The number of hydrogen-bond acceptors (Lipinski definition) is 5. The van der Waals surface area contributed by atoms with Crippen molar-refractivity contribution in [2.24, 2.45) is 0 Å². The third kappa shape index (κ3) is 2.29. The van der Waals surface area contributed by atoms with Gasteiger partial charge in [0.05, 0.1) is 29.0 Å². The lowest BCUT2D eigenvalue weighted by atomic mass is 10.2. The Bertz CT molecular complexity index is 762. The van der Waals surface area contributed by atoms with Crippen LogP contribution in [0.3, 0.4) is 0 Å². The Kier molecular flexibility index (Phi) is 3.11. The molecule has 4 rings (SSSR count). The first-order valence-electron chi connectivity index (χ1n) is 7.25. The molecule has 4 heterocycles. The number of fused-ring (bicyclic) bond motifs is 1. The molecule has 0 unspecified atom stereocenters. The van der Waals surface area contributed by atoms with Gasteiger partial charge in [0.2, 0.25) is 0 Å². The molecular formula is C15H17N5S. The number of rotatable bonds is 3. The van der Waals surface area contributed by atoms with Crippen molar-refractivity contribution >= 4 is 27.4 Å². The highest BCUT2D eigenvalue weighted by molar-refractivity contribution is 7.17. The smallest absolute Gasteiger partial charge is 0.150 e. The van der Waals surface area contributed by atoms with E-state index in [1.807, 2.05) is 10.9 Å². The monoisotopic (exact) mass is 299 g/mol. The van der Waals surface area contributed by atoms with E-state index >= 15 is 0 Å². The third-order valence-corrected chi connectivity index (χ3v) is 4.93. The predicted molar refractivity (Wildman–Crippen MR) is 84.7 cm³/mol. The lowest BCUT2D eigenvalue weighted by Gasteiger charge is -2.25. The van der Waals surface area contributed by atoms with Crippen LogP contribution in [-0.4, -0.2) is 32.3 Å². The maximum absolute atomic E-state index is 4.55. The van der Waals surface area contributed by atoms with Crippen LogP contribution in [-0.2, 0) is 6.54 Å². The van der Waals surface area contributed by atoms with Crippen molar-refractivity contribution in [3.63, 3.8) is 0 Å². The average Bonchev–Trinajstić information content (AvgIpc) is 3.19. The first kappa shape index (κ1) is 12.8. The molecule has 5 nitrogen and oxygen atoms in total. The van der Waals surface area contributed by atoms with Gasteiger partial charge in [0, 0.05) is 12.7 Å². The minimum Gasteiger partial charge on any atom is -0.350 e. The molecule has 0 N–H and O–H groups in total. The first-order valence-corrected chi connectivity index (χ1v) is 8.13. The van der Waals surface area contributed by atoms with Crippen LogP contribution in [0.5, 0.6) is 0 Å². The summed E-state index contributed by atoms with van der Waals surface area (Å²) in [6.45, 7) is 4.06. The van der Waals surface area contributed by atoms with Crippen LogP contribution in [0.1, 0.15) is 18.4 Å². The van der Waals surface area contributed by atoms with E-state index in [-0.39, 0.29) is 0 Å². The van der Waals surface area contributed by atoms with Crippen LogP contribution < -0.4 is 4.90 Å². The van der Waals surface area contributed by atoms with Gasteiger partial charge in [-0.2, -0.15) is 5.10 Å². The molecule has 0 radical (unpaired) electrons. The first-order chi connectivity index (χ1) is 10.3. The molecule has 3 aromatic heterocycles. The Balaban J connectivity index is 1.65. The van der Waals surface area contributed by atoms with Crippen molar-refractivity contribution in [3.8, 4) is 0 Å². The number of hydrogen-bond donors (Lipinski definition) is 0. The van der Waals surface area contributed by atoms with Gasteiger partial charge in [0.25, 0.3) is 0 Å². The molecule has 21 heavy (non-hydrogen) atoms. The Morgan fingerprint density at radius 2 is 2.33 bits per heavy atom. The van der Waals surface area contributed by atoms with Gasteiger partial charge in [0.15, 0.2) is 0 Å². The third-order valence-electron chi connectivity index (χ3n) is 4.03. The Morgan fingerprint density at radius 3 is 3.19 bits per heavy atom. The molecule has 0 aromatic carbocycles. The molecule has 1 fully saturated rings. The average molecular weight is 299 g/mol. The normalized spacial score (nSPS) is 18.7. The van der Waals surface area contributed by atoms with Gasteiger partial charge >= 0.3 is 0 Å². The molecule has 1 aliphatic heterocycles. The number of thiophene rings is 1. The summed E-state index contributed by atoms with van der Waals surface area (Å²) in [5.74, 6) is 1.08. The summed E-state index contributed by atoms with van der Waals surface area (Å²) in [6.07, 6.45) is 8.11. The molecule has 108 valence electrons. The molecule has 1 aliphatic rings. The molecule has 0 amide bonds. The van der Waals surface area contributed by atoms with Crippen molar-refractivity contribution in [3.05, 3.63) is 35.7 Å². The van der Waals surface area contributed by atoms with Gasteiger partial charge in [-0.05, 0) is 36.8 Å². The molecule has 0 aliphatic carbocycles. The van der Waals surface area contributed by atoms with Crippen molar-refractivity contribution in [2.75, 3.05) is 11.4 Å². The maximum Gasteiger partial charge on any atom is 0.150 e. The van der Waals surface area contributed by atoms with Crippen molar-refractivity contribution in [2.45, 2.75) is 32.4 Å². The van der Waals surface area contributed by atoms with Crippen LogP contribution >= 0.6 is 11.3 Å². The second kappa shape index (κ2) is 5.11. The highest BCUT2D eigenvalue weighted by Crippen LogP contribution is 2.32. The summed E-state index contributed by atoms with van der Waals surface area (Å²) >= 11 is 1.72. The van der Waals surface area contributed by atoms with Gasteiger partial charge in [-0.3, -0.25) is 4.68 Å². The summed E-state index contributed by atoms with van der Waals surface area (Å²) in [5, 5.41) is 6.51. The zero-order valence-corrected chi connectivity index (χ0v) is 12.8. The molecule has 0 bridgehead atoms. The maximum atomic E-state index is 4.55. The van der Waals surface area contributed by atoms with Crippen LogP contribution in [0.2, 0.25) is 0 Å². The zero-order chi connectivity index (χ0) is 14.2. The lowest BCUT2D eigenvalue weighted by molar-refractivity contribution is 0.508. The van der Waals surface area contributed by atoms with Gasteiger partial charge in [0.1, 0.15) is 12.1 Å². The lowest BCUT2D eigenvalue weighted by Crippen LogP contribution is -2.33. The van der Waals surface area contributed by atoms with Crippen LogP contribution in [0.25, 0.3) is 10.2 Å². The number of aromatic nitrogens is 4. The van der Waals surface area contributed by atoms with Crippen molar-refractivity contribution in [1.29, 1.82) is 0 Å². The SMILES string of the molecule is Cc1cnn(C[C@@H]2CCCN2c2ncnc3ccsc23)c1.